The zero-order valence-electron chi connectivity index (χ0n) is 17.8. The van der Waals surface area contributed by atoms with Crippen LogP contribution in [0.2, 0.25) is 5.02 Å². The first kappa shape index (κ1) is 21.7. The van der Waals surface area contributed by atoms with Crippen molar-refractivity contribution in [2.24, 2.45) is 0 Å². The van der Waals surface area contributed by atoms with Crippen molar-refractivity contribution in [3.05, 3.63) is 87.4 Å². The van der Waals surface area contributed by atoms with Crippen molar-refractivity contribution in [1.29, 1.82) is 0 Å². The van der Waals surface area contributed by atoms with Crippen molar-refractivity contribution in [1.82, 2.24) is 0 Å². The highest BCUT2D eigenvalue weighted by Gasteiger charge is 2.09. The summed E-state index contributed by atoms with van der Waals surface area (Å²) in [7, 11) is 0. The summed E-state index contributed by atoms with van der Waals surface area (Å²) in [5, 5.41) is 6.75. The summed E-state index contributed by atoms with van der Waals surface area (Å²) in [4.78, 5) is 12.2. The number of carbonyl (C=O) groups is 1. The zero-order valence-corrected chi connectivity index (χ0v) is 18.6. The third-order valence-electron chi connectivity index (χ3n) is 5.01. The molecule has 0 unspecified atom stereocenters. The number of rotatable bonds is 7. The molecule has 0 bridgehead atoms. The minimum atomic E-state index is -0.224. The topological polar surface area (TPSA) is 50.4 Å². The second-order valence-corrected chi connectivity index (χ2v) is 7.98. The van der Waals surface area contributed by atoms with Gasteiger partial charge >= 0.3 is 0 Å². The van der Waals surface area contributed by atoms with Crippen LogP contribution in [0.3, 0.4) is 0 Å². The van der Waals surface area contributed by atoms with Gasteiger partial charge in [0.1, 0.15) is 5.75 Å². The molecule has 0 fully saturated rings. The van der Waals surface area contributed by atoms with Gasteiger partial charge in [-0.05, 0) is 80.3 Å². The molecule has 3 aromatic rings. The number of nitrogens with one attached hydrogen (secondary N) is 2. The normalized spacial score (nSPS) is 10.6. The first-order valence-corrected chi connectivity index (χ1v) is 10.3. The van der Waals surface area contributed by atoms with Crippen LogP contribution in [0.25, 0.3) is 0 Å². The Hall–Kier alpha value is -2.98. The van der Waals surface area contributed by atoms with Gasteiger partial charge in [-0.25, -0.2) is 0 Å². The standard InChI is InChI=1S/C25H27ClN2O2/c1-16-5-9-23(19(4)11-16)28-25(29)15-30-24-10-7-20(13-22(24)26)14-27-21-8-6-17(2)18(3)12-21/h5-13,27H,14-15H2,1-4H3,(H,28,29). The van der Waals surface area contributed by atoms with E-state index in [4.69, 9.17) is 16.3 Å². The molecule has 5 heteroatoms. The van der Waals surface area contributed by atoms with Crippen molar-refractivity contribution in [2.75, 3.05) is 17.2 Å². The van der Waals surface area contributed by atoms with E-state index in [1.807, 2.05) is 44.2 Å². The van der Waals surface area contributed by atoms with Crippen molar-refractivity contribution in [3.8, 4) is 5.75 Å². The maximum absolute atomic E-state index is 12.2. The van der Waals surface area contributed by atoms with E-state index in [0.29, 0.717) is 17.3 Å². The molecule has 1 amide bonds. The average Bonchev–Trinajstić information content (AvgIpc) is 2.70. The van der Waals surface area contributed by atoms with Crippen LogP contribution in [0, 0.1) is 27.7 Å². The van der Waals surface area contributed by atoms with Crippen LogP contribution in [0.4, 0.5) is 11.4 Å². The number of aryl methyl sites for hydroxylation is 4. The number of carbonyl (C=O) groups excluding carboxylic acids is 1. The summed E-state index contributed by atoms with van der Waals surface area (Å²) >= 11 is 6.36. The Morgan fingerprint density at radius 1 is 0.900 bits per heavy atom. The molecule has 0 heterocycles. The first-order chi connectivity index (χ1) is 14.3. The largest absolute Gasteiger partial charge is 0.482 e. The molecule has 0 spiro atoms. The van der Waals surface area contributed by atoms with Gasteiger partial charge in [0.25, 0.3) is 5.91 Å². The van der Waals surface area contributed by atoms with Gasteiger partial charge in [0.2, 0.25) is 0 Å². The molecular weight excluding hydrogens is 396 g/mol. The summed E-state index contributed by atoms with van der Waals surface area (Å²) in [6.07, 6.45) is 0. The SMILES string of the molecule is Cc1ccc(NC(=O)COc2ccc(CNc3ccc(C)c(C)c3)cc2Cl)c(C)c1. The second-order valence-electron chi connectivity index (χ2n) is 7.57. The maximum Gasteiger partial charge on any atom is 0.262 e. The smallest absolute Gasteiger partial charge is 0.262 e. The average molecular weight is 423 g/mol. The molecule has 0 aliphatic rings. The maximum atomic E-state index is 12.2. The predicted molar refractivity (Wildman–Crippen MR) is 125 cm³/mol. The van der Waals surface area contributed by atoms with Gasteiger partial charge in [0.05, 0.1) is 5.02 Å². The minimum Gasteiger partial charge on any atom is -0.482 e. The summed E-state index contributed by atoms with van der Waals surface area (Å²) in [6.45, 7) is 8.72. The van der Waals surface area contributed by atoms with Crippen molar-refractivity contribution < 1.29 is 9.53 Å². The zero-order chi connectivity index (χ0) is 21.7. The van der Waals surface area contributed by atoms with Crippen LogP contribution < -0.4 is 15.4 Å². The summed E-state index contributed by atoms with van der Waals surface area (Å²) in [5.74, 6) is 0.265. The van der Waals surface area contributed by atoms with Gasteiger partial charge in [-0.1, -0.05) is 41.4 Å². The minimum absolute atomic E-state index is 0.104. The van der Waals surface area contributed by atoms with Crippen LogP contribution in [-0.4, -0.2) is 12.5 Å². The van der Waals surface area contributed by atoms with Crippen LogP contribution in [-0.2, 0) is 11.3 Å². The Morgan fingerprint density at radius 2 is 1.70 bits per heavy atom. The first-order valence-electron chi connectivity index (χ1n) is 9.91. The van der Waals surface area contributed by atoms with Crippen LogP contribution in [0.1, 0.15) is 27.8 Å². The number of amides is 1. The highest BCUT2D eigenvalue weighted by atomic mass is 35.5. The fourth-order valence-electron chi connectivity index (χ4n) is 3.11. The lowest BCUT2D eigenvalue weighted by atomic mass is 10.1. The molecule has 30 heavy (non-hydrogen) atoms. The van der Waals surface area contributed by atoms with E-state index in [9.17, 15) is 4.79 Å². The van der Waals surface area contributed by atoms with E-state index in [1.165, 1.54) is 11.1 Å². The number of halogens is 1. The van der Waals surface area contributed by atoms with E-state index in [-0.39, 0.29) is 12.5 Å². The quantitative estimate of drug-likeness (QED) is 0.476. The molecule has 0 aromatic heterocycles. The van der Waals surface area contributed by atoms with E-state index in [0.717, 1.165) is 28.1 Å². The fraction of sp³-hybridized carbons (Fsp3) is 0.240. The summed E-state index contributed by atoms with van der Waals surface area (Å²) in [5.41, 5.74) is 7.58. The molecule has 0 radical (unpaired) electrons. The third-order valence-corrected chi connectivity index (χ3v) is 5.31. The monoisotopic (exact) mass is 422 g/mol. The molecule has 0 aliphatic carbocycles. The molecule has 0 aliphatic heterocycles. The lowest BCUT2D eigenvalue weighted by Gasteiger charge is -2.12. The molecule has 3 aromatic carbocycles. The molecule has 156 valence electrons. The molecule has 0 saturated heterocycles. The molecule has 0 atom stereocenters. The third kappa shape index (κ3) is 5.77. The summed E-state index contributed by atoms with van der Waals surface area (Å²) in [6, 6.07) is 17.8. The molecule has 4 nitrogen and oxygen atoms in total. The number of benzene rings is 3. The van der Waals surface area contributed by atoms with Gasteiger partial charge in [0.15, 0.2) is 6.61 Å². The van der Waals surface area contributed by atoms with E-state index < -0.39 is 0 Å². The van der Waals surface area contributed by atoms with Crippen LogP contribution in [0.15, 0.2) is 54.6 Å². The highest BCUT2D eigenvalue weighted by molar-refractivity contribution is 6.32. The Bertz CT molecular complexity index is 1060. The van der Waals surface area contributed by atoms with Gasteiger partial charge in [-0.2, -0.15) is 0 Å². The van der Waals surface area contributed by atoms with Gasteiger partial charge in [-0.3, -0.25) is 4.79 Å². The molecule has 3 rings (SSSR count). The predicted octanol–water partition coefficient (Wildman–Crippen LogP) is 6.20. The van der Waals surface area contributed by atoms with Crippen LogP contribution in [0.5, 0.6) is 5.75 Å². The van der Waals surface area contributed by atoms with E-state index in [1.54, 1.807) is 6.07 Å². The second kappa shape index (κ2) is 9.68. The number of hydrogen-bond acceptors (Lipinski definition) is 3. The van der Waals surface area contributed by atoms with E-state index in [2.05, 4.69) is 42.7 Å². The highest BCUT2D eigenvalue weighted by Crippen LogP contribution is 2.26. The fourth-order valence-corrected chi connectivity index (χ4v) is 3.37. The number of anilines is 2. The van der Waals surface area contributed by atoms with Crippen LogP contribution >= 0.6 is 11.6 Å². The number of ether oxygens (including phenoxy) is 1. The van der Waals surface area contributed by atoms with E-state index >= 15 is 0 Å². The number of hydrogen-bond donors (Lipinski definition) is 2. The van der Waals surface area contributed by atoms with Gasteiger partial charge in [-0.15, -0.1) is 0 Å². The molecule has 0 saturated carbocycles. The molecule has 2 N–H and O–H groups in total. The van der Waals surface area contributed by atoms with Gasteiger partial charge < -0.3 is 15.4 Å². The van der Waals surface area contributed by atoms with Gasteiger partial charge in [0, 0.05) is 17.9 Å². The Kier molecular flexibility index (Phi) is 7.01. The molecular formula is C25H27ClN2O2. The summed E-state index contributed by atoms with van der Waals surface area (Å²) < 4.78 is 5.62. The van der Waals surface area contributed by atoms with Crippen molar-refractivity contribution in [3.63, 3.8) is 0 Å². The Morgan fingerprint density at radius 3 is 2.40 bits per heavy atom. The lowest BCUT2D eigenvalue weighted by Crippen LogP contribution is -2.20. The van der Waals surface area contributed by atoms with Crippen molar-refractivity contribution >= 4 is 28.9 Å². The lowest BCUT2D eigenvalue weighted by molar-refractivity contribution is -0.118. The Balaban J connectivity index is 1.54. The Labute approximate surface area is 183 Å². The van der Waals surface area contributed by atoms with Crippen molar-refractivity contribution in [2.45, 2.75) is 34.2 Å².